The molecule has 8 nitrogen and oxygen atoms in total. The lowest BCUT2D eigenvalue weighted by Gasteiger charge is -2.19. The number of hydrogen-bond donors (Lipinski definition) is 1. The number of ether oxygens (including phenoxy) is 1. The minimum atomic E-state index is -0.969. The normalized spacial score (nSPS) is 11.4. The number of anilines is 1. The van der Waals surface area contributed by atoms with Crippen LogP contribution in [-0.2, 0) is 4.79 Å². The average Bonchev–Trinajstić information content (AvgIpc) is 2.69. The number of nitrogens with zero attached hydrogens (tertiary/aromatic N) is 2. The first-order chi connectivity index (χ1) is 13.4. The molecule has 2 rings (SSSR count). The third kappa shape index (κ3) is 5.06. The Balaban J connectivity index is 2.10. The summed E-state index contributed by atoms with van der Waals surface area (Å²) in [6.07, 6.45) is -0.969. The van der Waals surface area contributed by atoms with Crippen LogP contribution in [0.2, 0.25) is 0 Å². The zero-order chi connectivity index (χ0) is 20.7. The molecule has 0 saturated heterocycles. The van der Waals surface area contributed by atoms with E-state index < -0.39 is 16.9 Å². The molecule has 8 heteroatoms. The molecule has 0 aliphatic heterocycles. The molecule has 1 atom stereocenters. The van der Waals surface area contributed by atoms with Crippen LogP contribution in [0.4, 0.5) is 11.4 Å². The number of nitro groups is 1. The van der Waals surface area contributed by atoms with Crippen molar-refractivity contribution >= 4 is 23.2 Å². The Morgan fingerprint density at radius 3 is 2.46 bits per heavy atom. The highest BCUT2D eigenvalue weighted by molar-refractivity contribution is 5.98. The highest BCUT2D eigenvalue weighted by Gasteiger charge is 2.21. The van der Waals surface area contributed by atoms with Crippen LogP contribution < -0.4 is 10.1 Å². The predicted octanol–water partition coefficient (Wildman–Crippen LogP) is 3.48. The van der Waals surface area contributed by atoms with E-state index in [0.29, 0.717) is 24.3 Å². The highest BCUT2D eigenvalue weighted by atomic mass is 16.6. The van der Waals surface area contributed by atoms with Crippen molar-refractivity contribution in [3.63, 3.8) is 0 Å². The zero-order valence-corrected chi connectivity index (χ0v) is 16.0. The van der Waals surface area contributed by atoms with E-state index in [1.165, 1.54) is 25.1 Å². The summed E-state index contributed by atoms with van der Waals surface area (Å²) in [6, 6.07) is 12.5. The lowest BCUT2D eigenvalue weighted by Crippen LogP contribution is -2.31. The van der Waals surface area contributed by atoms with E-state index in [-0.39, 0.29) is 17.3 Å². The second-order valence-corrected chi connectivity index (χ2v) is 6.03. The van der Waals surface area contributed by atoms with Gasteiger partial charge in [0.1, 0.15) is 0 Å². The van der Waals surface area contributed by atoms with E-state index in [4.69, 9.17) is 4.74 Å². The maximum Gasteiger partial charge on any atom is 0.310 e. The first-order valence-electron chi connectivity index (χ1n) is 8.97. The number of carbonyl (C=O) groups is 2. The third-order valence-electron chi connectivity index (χ3n) is 4.16. The van der Waals surface area contributed by atoms with Gasteiger partial charge in [0.05, 0.1) is 4.92 Å². The second-order valence-electron chi connectivity index (χ2n) is 6.03. The lowest BCUT2D eigenvalue weighted by molar-refractivity contribution is -0.386. The van der Waals surface area contributed by atoms with Gasteiger partial charge in [-0.25, -0.2) is 0 Å². The smallest absolute Gasteiger partial charge is 0.310 e. The number of para-hydroxylation sites is 2. The van der Waals surface area contributed by atoms with Crippen molar-refractivity contribution in [3.8, 4) is 5.75 Å². The summed E-state index contributed by atoms with van der Waals surface area (Å²) in [4.78, 5) is 37.0. The summed E-state index contributed by atoms with van der Waals surface area (Å²) < 4.78 is 5.46. The number of benzene rings is 2. The largest absolute Gasteiger partial charge is 0.474 e. The molecule has 2 aromatic carbocycles. The van der Waals surface area contributed by atoms with E-state index >= 15 is 0 Å². The summed E-state index contributed by atoms with van der Waals surface area (Å²) in [5, 5.41) is 13.7. The monoisotopic (exact) mass is 385 g/mol. The van der Waals surface area contributed by atoms with Crippen LogP contribution in [-0.4, -0.2) is 40.8 Å². The molecule has 0 aliphatic carbocycles. The van der Waals surface area contributed by atoms with Crippen LogP contribution in [0.5, 0.6) is 5.75 Å². The lowest BCUT2D eigenvalue weighted by atomic mass is 10.1. The average molecular weight is 385 g/mol. The van der Waals surface area contributed by atoms with Gasteiger partial charge in [-0.2, -0.15) is 0 Å². The number of nitro benzene ring substituents is 1. The van der Waals surface area contributed by atoms with Crippen LogP contribution in [0, 0.1) is 10.1 Å². The topological polar surface area (TPSA) is 102 Å². The van der Waals surface area contributed by atoms with Gasteiger partial charge < -0.3 is 15.0 Å². The Morgan fingerprint density at radius 2 is 1.82 bits per heavy atom. The maximum absolute atomic E-state index is 12.4. The van der Waals surface area contributed by atoms with Gasteiger partial charge in [-0.15, -0.1) is 0 Å². The first-order valence-corrected chi connectivity index (χ1v) is 8.97. The molecular weight excluding hydrogens is 362 g/mol. The predicted molar refractivity (Wildman–Crippen MR) is 106 cm³/mol. The first kappa shape index (κ1) is 20.9. The number of carbonyl (C=O) groups excluding carboxylic acids is 2. The van der Waals surface area contributed by atoms with Crippen molar-refractivity contribution < 1.29 is 19.2 Å². The van der Waals surface area contributed by atoms with Gasteiger partial charge in [-0.05, 0) is 45.0 Å². The van der Waals surface area contributed by atoms with Gasteiger partial charge >= 0.3 is 5.69 Å². The van der Waals surface area contributed by atoms with Gasteiger partial charge in [0.25, 0.3) is 11.8 Å². The van der Waals surface area contributed by atoms with Gasteiger partial charge in [0.2, 0.25) is 0 Å². The van der Waals surface area contributed by atoms with Crippen molar-refractivity contribution in [2.75, 3.05) is 18.4 Å². The molecule has 2 amide bonds. The molecule has 1 unspecified atom stereocenters. The minimum absolute atomic E-state index is 0.0145. The van der Waals surface area contributed by atoms with Crippen molar-refractivity contribution in [2.24, 2.45) is 0 Å². The highest BCUT2D eigenvalue weighted by Crippen LogP contribution is 2.27. The summed E-state index contributed by atoms with van der Waals surface area (Å²) in [7, 11) is 0. The second kappa shape index (κ2) is 9.50. The van der Waals surface area contributed by atoms with Gasteiger partial charge in [-0.3, -0.25) is 19.7 Å². The molecule has 28 heavy (non-hydrogen) atoms. The van der Waals surface area contributed by atoms with E-state index in [9.17, 15) is 19.7 Å². The van der Waals surface area contributed by atoms with Gasteiger partial charge in [0, 0.05) is 30.4 Å². The van der Waals surface area contributed by atoms with Crippen molar-refractivity contribution in [1.29, 1.82) is 0 Å². The van der Waals surface area contributed by atoms with Crippen molar-refractivity contribution in [3.05, 3.63) is 64.2 Å². The van der Waals surface area contributed by atoms with E-state index in [0.717, 1.165) is 0 Å². The molecule has 2 aromatic rings. The van der Waals surface area contributed by atoms with Crippen LogP contribution in [0.25, 0.3) is 0 Å². The van der Waals surface area contributed by atoms with Crippen LogP contribution in [0.15, 0.2) is 48.5 Å². The maximum atomic E-state index is 12.4. The van der Waals surface area contributed by atoms with E-state index in [1.807, 2.05) is 13.8 Å². The molecule has 0 fully saturated rings. The van der Waals surface area contributed by atoms with E-state index in [2.05, 4.69) is 5.32 Å². The molecule has 0 aromatic heterocycles. The van der Waals surface area contributed by atoms with Crippen molar-refractivity contribution in [2.45, 2.75) is 26.9 Å². The van der Waals surface area contributed by atoms with Gasteiger partial charge in [-0.1, -0.05) is 18.2 Å². The SMILES string of the molecule is CCN(CC)C(=O)c1cccc(NC(=O)C(C)Oc2ccccc2[N+](=O)[O-])c1. The molecule has 0 aliphatic rings. The molecule has 148 valence electrons. The van der Waals surface area contributed by atoms with Crippen molar-refractivity contribution in [1.82, 2.24) is 4.90 Å². The summed E-state index contributed by atoms with van der Waals surface area (Å²) in [6.45, 7) is 6.47. The third-order valence-corrected chi connectivity index (χ3v) is 4.16. The Labute approximate surface area is 163 Å². The molecule has 0 spiro atoms. The number of hydrogen-bond acceptors (Lipinski definition) is 5. The Hall–Kier alpha value is -3.42. The van der Waals surface area contributed by atoms with Crippen LogP contribution in [0.3, 0.4) is 0 Å². The Kier molecular flexibility index (Phi) is 7.08. The fraction of sp³-hybridized carbons (Fsp3) is 0.300. The van der Waals surface area contributed by atoms with Gasteiger partial charge in [0.15, 0.2) is 11.9 Å². The summed E-state index contributed by atoms with van der Waals surface area (Å²) >= 11 is 0. The van der Waals surface area contributed by atoms with Crippen LogP contribution >= 0.6 is 0 Å². The quantitative estimate of drug-likeness (QED) is 0.554. The molecule has 0 radical (unpaired) electrons. The van der Waals surface area contributed by atoms with Crippen LogP contribution in [0.1, 0.15) is 31.1 Å². The molecule has 1 N–H and O–H groups in total. The zero-order valence-electron chi connectivity index (χ0n) is 16.0. The summed E-state index contributed by atoms with van der Waals surface area (Å²) in [5.74, 6) is -0.587. The fourth-order valence-corrected chi connectivity index (χ4v) is 2.62. The molecule has 0 saturated carbocycles. The summed E-state index contributed by atoms with van der Waals surface area (Å²) in [5.41, 5.74) is 0.698. The minimum Gasteiger partial charge on any atom is -0.474 e. The number of nitrogens with one attached hydrogen (secondary N) is 1. The molecular formula is C20H23N3O5. The molecule has 0 bridgehead atoms. The number of rotatable bonds is 8. The standard InChI is InChI=1S/C20H23N3O5/c1-4-22(5-2)20(25)15-9-8-10-16(13-15)21-19(24)14(3)28-18-12-7-6-11-17(18)23(26)27/h6-14H,4-5H2,1-3H3,(H,21,24). The number of amides is 2. The molecule has 0 heterocycles. The Morgan fingerprint density at radius 1 is 1.14 bits per heavy atom. The Bertz CT molecular complexity index is 864. The van der Waals surface area contributed by atoms with E-state index in [1.54, 1.807) is 35.2 Å². The fourth-order valence-electron chi connectivity index (χ4n) is 2.62.